The predicted octanol–water partition coefficient (Wildman–Crippen LogP) is 1.16. The van der Waals surface area contributed by atoms with E-state index in [-0.39, 0.29) is 5.54 Å². The van der Waals surface area contributed by atoms with Crippen LogP contribution in [0.5, 0.6) is 0 Å². The second kappa shape index (κ2) is 5.46. The minimum Gasteiger partial charge on any atom is -0.407 e. The number of aromatic nitrogens is 2. The van der Waals surface area contributed by atoms with Gasteiger partial charge in [-0.1, -0.05) is 5.10 Å². The minimum absolute atomic E-state index is 0.146. The summed E-state index contributed by atoms with van der Waals surface area (Å²) in [6.45, 7) is 4.21. The molecule has 2 N–H and O–H groups in total. The highest BCUT2D eigenvalue weighted by atomic mass is 16.5. The van der Waals surface area contributed by atoms with Gasteiger partial charge in [0, 0.05) is 19.2 Å². The Labute approximate surface area is 101 Å². The van der Waals surface area contributed by atoms with Crippen LogP contribution in [-0.2, 0) is 11.3 Å². The maximum Gasteiger partial charge on any atom is 0.315 e. The zero-order valence-electron chi connectivity index (χ0n) is 10.5. The van der Waals surface area contributed by atoms with Gasteiger partial charge in [-0.05, 0) is 26.2 Å². The van der Waals surface area contributed by atoms with Crippen LogP contribution >= 0.6 is 0 Å². The van der Waals surface area contributed by atoms with Crippen LogP contribution in [0.15, 0.2) is 4.42 Å². The Bertz CT molecular complexity index is 349. The van der Waals surface area contributed by atoms with Crippen molar-refractivity contribution in [2.75, 3.05) is 25.6 Å². The van der Waals surface area contributed by atoms with Crippen molar-refractivity contribution in [2.45, 2.75) is 38.3 Å². The topological polar surface area (TPSA) is 72.2 Å². The molecule has 1 saturated carbocycles. The smallest absolute Gasteiger partial charge is 0.315 e. The molecule has 2 rings (SSSR count). The number of nitrogens with zero attached hydrogens (tertiary/aromatic N) is 2. The molecule has 0 amide bonds. The standard InChI is InChI=1S/C11H20N4O2/c1-11(4-3-5-11)13-10-15-14-9(17-10)8-12-6-7-16-2/h12H,3-8H2,1-2H3,(H,13,15). The molecule has 1 aromatic rings. The fourth-order valence-corrected chi connectivity index (χ4v) is 1.84. The van der Waals surface area contributed by atoms with Crippen LogP contribution in [0.25, 0.3) is 0 Å². The molecule has 0 aromatic carbocycles. The third-order valence-corrected chi connectivity index (χ3v) is 3.09. The average molecular weight is 240 g/mol. The van der Waals surface area contributed by atoms with E-state index in [1.165, 1.54) is 6.42 Å². The van der Waals surface area contributed by atoms with Crippen LogP contribution in [0.1, 0.15) is 32.1 Å². The van der Waals surface area contributed by atoms with Crippen LogP contribution in [0.2, 0.25) is 0 Å². The molecule has 1 fully saturated rings. The SMILES string of the molecule is COCCNCc1nnc(NC2(C)CCC2)o1. The Morgan fingerprint density at radius 1 is 1.41 bits per heavy atom. The first-order valence-corrected chi connectivity index (χ1v) is 6.02. The number of rotatable bonds is 7. The van der Waals surface area contributed by atoms with Gasteiger partial charge in [-0.2, -0.15) is 0 Å². The molecular weight excluding hydrogens is 220 g/mol. The van der Waals surface area contributed by atoms with Gasteiger partial charge in [0.2, 0.25) is 5.89 Å². The molecule has 0 radical (unpaired) electrons. The zero-order valence-corrected chi connectivity index (χ0v) is 10.5. The van der Waals surface area contributed by atoms with Gasteiger partial charge in [-0.25, -0.2) is 0 Å². The lowest BCUT2D eigenvalue weighted by atomic mass is 9.79. The zero-order chi connectivity index (χ0) is 12.1. The summed E-state index contributed by atoms with van der Waals surface area (Å²) in [6.07, 6.45) is 3.59. The predicted molar refractivity (Wildman–Crippen MR) is 63.8 cm³/mol. The van der Waals surface area contributed by atoms with Gasteiger partial charge in [0.05, 0.1) is 13.2 Å². The van der Waals surface area contributed by atoms with E-state index in [4.69, 9.17) is 9.15 Å². The Morgan fingerprint density at radius 2 is 2.24 bits per heavy atom. The van der Waals surface area contributed by atoms with E-state index >= 15 is 0 Å². The van der Waals surface area contributed by atoms with E-state index in [1.54, 1.807) is 7.11 Å². The van der Waals surface area contributed by atoms with Crippen LogP contribution in [0, 0.1) is 0 Å². The van der Waals surface area contributed by atoms with Crippen molar-refractivity contribution in [1.82, 2.24) is 15.5 Å². The van der Waals surface area contributed by atoms with Crippen molar-refractivity contribution in [1.29, 1.82) is 0 Å². The fraction of sp³-hybridized carbons (Fsp3) is 0.818. The second-order valence-corrected chi connectivity index (χ2v) is 4.71. The van der Waals surface area contributed by atoms with Gasteiger partial charge in [-0.3, -0.25) is 0 Å². The first kappa shape index (κ1) is 12.3. The second-order valence-electron chi connectivity index (χ2n) is 4.71. The summed E-state index contributed by atoms with van der Waals surface area (Å²) in [5.41, 5.74) is 0.146. The van der Waals surface area contributed by atoms with Crippen molar-refractivity contribution in [2.24, 2.45) is 0 Å². The summed E-state index contributed by atoms with van der Waals surface area (Å²) in [5.74, 6) is 0.603. The quantitative estimate of drug-likeness (QED) is 0.697. The van der Waals surface area contributed by atoms with E-state index < -0.39 is 0 Å². The third-order valence-electron chi connectivity index (χ3n) is 3.09. The Kier molecular flexibility index (Phi) is 3.96. The molecule has 1 aromatic heterocycles. The Hall–Kier alpha value is -1.14. The number of ether oxygens (including phenoxy) is 1. The molecule has 6 heteroatoms. The molecule has 0 aliphatic heterocycles. The lowest BCUT2D eigenvalue weighted by Gasteiger charge is -2.38. The van der Waals surface area contributed by atoms with Gasteiger partial charge in [0.25, 0.3) is 0 Å². The Balaban J connectivity index is 1.75. The Morgan fingerprint density at radius 3 is 2.88 bits per heavy atom. The first-order chi connectivity index (χ1) is 8.22. The highest BCUT2D eigenvalue weighted by Crippen LogP contribution is 2.34. The molecule has 1 aliphatic rings. The van der Waals surface area contributed by atoms with Crippen molar-refractivity contribution >= 4 is 6.01 Å². The normalized spacial score (nSPS) is 17.8. The molecule has 96 valence electrons. The molecule has 0 bridgehead atoms. The van der Waals surface area contributed by atoms with E-state index in [1.807, 2.05) is 0 Å². The van der Waals surface area contributed by atoms with Gasteiger partial charge in [-0.15, -0.1) is 5.10 Å². The highest BCUT2D eigenvalue weighted by Gasteiger charge is 2.32. The maximum atomic E-state index is 5.50. The summed E-state index contributed by atoms with van der Waals surface area (Å²) in [4.78, 5) is 0. The summed E-state index contributed by atoms with van der Waals surface area (Å²) in [7, 11) is 1.68. The van der Waals surface area contributed by atoms with E-state index in [0.29, 0.717) is 25.1 Å². The first-order valence-electron chi connectivity index (χ1n) is 6.02. The van der Waals surface area contributed by atoms with Crippen molar-refractivity contribution in [3.63, 3.8) is 0 Å². The fourth-order valence-electron chi connectivity index (χ4n) is 1.84. The van der Waals surface area contributed by atoms with E-state index in [9.17, 15) is 0 Å². The maximum absolute atomic E-state index is 5.50. The molecule has 1 aliphatic carbocycles. The summed E-state index contributed by atoms with van der Waals surface area (Å²) in [6, 6.07) is 0.524. The number of nitrogens with one attached hydrogen (secondary N) is 2. The van der Waals surface area contributed by atoms with Crippen LogP contribution in [0.3, 0.4) is 0 Å². The van der Waals surface area contributed by atoms with Crippen molar-refractivity contribution in [3.05, 3.63) is 5.89 Å². The van der Waals surface area contributed by atoms with E-state index in [0.717, 1.165) is 19.4 Å². The monoisotopic (exact) mass is 240 g/mol. The van der Waals surface area contributed by atoms with Crippen LogP contribution < -0.4 is 10.6 Å². The van der Waals surface area contributed by atoms with Crippen molar-refractivity contribution < 1.29 is 9.15 Å². The number of anilines is 1. The summed E-state index contributed by atoms with van der Waals surface area (Å²) < 4.78 is 10.4. The molecule has 1 heterocycles. The molecule has 0 unspecified atom stereocenters. The average Bonchev–Trinajstić information content (AvgIpc) is 2.70. The number of hydrogen-bond acceptors (Lipinski definition) is 6. The summed E-state index contributed by atoms with van der Waals surface area (Å²) >= 11 is 0. The minimum atomic E-state index is 0.146. The van der Waals surface area contributed by atoms with Crippen LogP contribution in [0.4, 0.5) is 6.01 Å². The van der Waals surface area contributed by atoms with Gasteiger partial charge in [0.15, 0.2) is 0 Å². The van der Waals surface area contributed by atoms with E-state index in [2.05, 4.69) is 27.8 Å². The summed E-state index contributed by atoms with van der Waals surface area (Å²) in [5, 5.41) is 14.4. The number of methoxy groups -OCH3 is 1. The molecule has 6 nitrogen and oxygen atoms in total. The third kappa shape index (κ3) is 3.41. The van der Waals surface area contributed by atoms with Gasteiger partial charge < -0.3 is 19.8 Å². The number of hydrogen-bond donors (Lipinski definition) is 2. The molecule has 0 spiro atoms. The lowest BCUT2D eigenvalue weighted by Crippen LogP contribution is -2.41. The van der Waals surface area contributed by atoms with Gasteiger partial charge in [0.1, 0.15) is 0 Å². The van der Waals surface area contributed by atoms with Crippen LogP contribution in [-0.4, -0.2) is 36.0 Å². The molecule has 0 atom stereocenters. The largest absolute Gasteiger partial charge is 0.407 e. The lowest BCUT2D eigenvalue weighted by molar-refractivity contribution is 0.198. The molecular formula is C11H20N4O2. The van der Waals surface area contributed by atoms with Gasteiger partial charge >= 0.3 is 6.01 Å². The highest BCUT2D eigenvalue weighted by molar-refractivity contribution is 5.25. The molecule has 0 saturated heterocycles. The van der Waals surface area contributed by atoms with Crippen molar-refractivity contribution in [3.8, 4) is 0 Å². The molecule has 17 heavy (non-hydrogen) atoms.